The first-order valence-electron chi connectivity index (χ1n) is 12.7. The molecular weight excluding hydrogens is 546 g/mol. The third-order valence-corrected chi connectivity index (χ3v) is 5.93. The Balaban J connectivity index is 1.89. The van der Waals surface area contributed by atoms with Crippen molar-refractivity contribution < 1.29 is 38.6 Å². The minimum Gasteiger partial charge on any atom is -0.499 e. The van der Waals surface area contributed by atoms with Gasteiger partial charge in [-0.15, -0.1) is 0 Å². The Morgan fingerprint density at radius 1 is 1.05 bits per heavy atom. The number of aromatic hydroxyl groups is 1. The number of nitriles is 1. The molecule has 216 valence electrons. The highest BCUT2D eigenvalue weighted by Gasteiger charge is 2.30. The molecule has 0 saturated heterocycles. The van der Waals surface area contributed by atoms with E-state index < -0.39 is 46.2 Å². The average Bonchev–Trinajstić information content (AvgIpc) is 3.00. The van der Waals surface area contributed by atoms with E-state index in [1.165, 1.54) is 17.0 Å². The summed E-state index contributed by atoms with van der Waals surface area (Å²) in [6, 6.07) is 20.4. The molecule has 0 bridgehead atoms. The Hall–Kier alpha value is -5.70. The summed E-state index contributed by atoms with van der Waals surface area (Å²) in [6.07, 6.45) is -1.98. The molecule has 1 unspecified atom stereocenters. The Labute approximate surface area is 241 Å². The summed E-state index contributed by atoms with van der Waals surface area (Å²) in [5.41, 5.74) is -0.328. The van der Waals surface area contributed by atoms with Crippen LogP contribution in [0.5, 0.6) is 11.5 Å². The Kier molecular flexibility index (Phi) is 10.7. The monoisotopic (exact) mass is 573 g/mol. The van der Waals surface area contributed by atoms with Gasteiger partial charge in [0.2, 0.25) is 11.9 Å². The molecule has 42 heavy (non-hydrogen) atoms. The van der Waals surface area contributed by atoms with Crippen LogP contribution in [0.25, 0.3) is 6.08 Å². The van der Waals surface area contributed by atoms with Crippen molar-refractivity contribution in [2.45, 2.75) is 26.6 Å². The number of carbonyl (C=O) groups excluding carboxylic acids is 3. The van der Waals surface area contributed by atoms with Gasteiger partial charge in [0.15, 0.2) is 5.75 Å². The summed E-state index contributed by atoms with van der Waals surface area (Å²) in [4.78, 5) is 50.4. The molecule has 12 heteroatoms. The van der Waals surface area contributed by atoms with Crippen LogP contribution < -0.4 is 4.74 Å². The Morgan fingerprint density at radius 3 is 2.24 bits per heavy atom. The van der Waals surface area contributed by atoms with E-state index in [0.29, 0.717) is 18.7 Å². The second-order valence-electron chi connectivity index (χ2n) is 8.65. The lowest BCUT2D eigenvalue weighted by atomic mass is 10.1. The van der Waals surface area contributed by atoms with Crippen molar-refractivity contribution in [3.05, 3.63) is 105 Å². The molecule has 3 aromatic carbocycles. The number of benzene rings is 3. The molecule has 0 aliphatic carbocycles. The molecule has 3 aromatic rings. The predicted molar refractivity (Wildman–Crippen MR) is 149 cm³/mol. The number of hydrogen-bond acceptors (Lipinski definition) is 10. The van der Waals surface area contributed by atoms with Crippen LogP contribution in [0.3, 0.4) is 0 Å². The number of esters is 1. The van der Waals surface area contributed by atoms with Gasteiger partial charge in [0.1, 0.15) is 18.2 Å². The van der Waals surface area contributed by atoms with Gasteiger partial charge in [-0.2, -0.15) is 5.26 Å². The number of phenols is 1. The van der Waals surface area contributed by atoms with Crippen LogP contribution in [0.4, 0.5) is 10.5 Å². The van der Waals surface area contributed by atoms with Crippen molar-refractivity contribution in [3.63, 3.8) is 0 Å². The fourth-order valence-electron chi connectivity index (χ4n) is 3.80. The molecule has 0 heterocycles. The Morgan fingerprint density at radius 2 is 1.67 bits per heavy atom. The molecule has 3 rings (SSSR count). The first-order chi connectivity index (χ1) is 20.2. The smallest absolute Gasteiger partial charge is 0.499 e. The van der Waals surface area contributed by atoms with Gasteiger partial charge < -0.3 is 24.2 Å². The van der Waals surface area contributed by atoms with E-state index in [-0.39, 0.29) is 23.3 Å². The van der Waals surface area contributed by atoms with E-state index in [0.717, 1.165) is 18.2 Å². The molecular formula is C30H27N3O9. The number of ether oxygens (including phenoxy) is 3. The largest absolute Gasteiger partial charge is 0.515 e. The van der Waals surface area contributed by atoms with E-state index >= 15 is 0 Å². The van der Waals surface area contributed by atoms with Crippen molar-refractivity contribution in [1.29, 1.82) is 5.26 Å². The number of rotatable bonds is 11. The molecule has 1 atom stereocenters. The van der Waals surface area contributed by atoms with E-state index in [9.17, 15) is 34.9 Å². The summed E-state index contributed by atoms with van der Waals surface area (Å²) >= 11 is 0. The van der Waals surface area contributed by atoms with Gasteiger partial charge in [-0.1, -0.05) is 60.7 Å². The van der Waals surface area contributed by atoms with E-state index in [1.807, 2.05) is 0 Å². The van der Waals surface area contributed by atoms with Crippen molar-refractivity contribution in [3.8, 4) is 17.6 Å². The lowest BCUT2D eigenvalue weighted by Crippen LogP contribution is -2.31. The quantitative estimate of drug-likeness (QED) is 0.0815. The van der Waals surface area contributed by atoms with Gasteiger partial charge >= 0.3 is 17.8 Å². The van der Waals surface area contributed by atoms with Crippen LogP contribution in [0.15, 0.2) is 78.4 Å². The zero-order valence-corrected chi connectivity index (χ0v) is 22.8. The maximum Gasteiger partial charge on any atom is 0.515 e. The van der Waals surface area contributed by atoms with Crippen LogP contribution in [0, 0.1) is 21.4 Å². The second kappa shape index (κ2) is 14.6. The maximum absolute atomic E-state index is 12.9. The van der Waals surface area contributed by atoms with Gasteiger partial charge in [-0.3, -0.25) is 14.9 Å². The molecule has 0 aliphatic heterocycles. The first-order valence-corrected chi connectivity index (χ1v) is 12.7. The number of nitro groups is 1. The van der Waals surface area contributed by atoms with Gasteiger partial charge in [-0.25, -0.2) is 9.59 Å². The number of carbonyl (C=O) groups is 3. The van der Waals surface area contributed by atoms with E-state index in [2.05, 4.69) is 0 Å². The number of nitrogens with zero attached hydrogens (tertiary/aromatic N) is 3. The number of phenolic OH excluding ortho intramolecular Hbond substituents is 1. The van der Waals surface area contributed by atoms with Crippen molar-refractivity contribution in [2.24, 2.45) is 0 Å². The topological polar surface area (TPSA) is 169 Å². The van der Waals surface area contributed by atoms with Crippen LogP contribution in [-0.2, 0) is 25.7 Å². The van der Waals surface area contributed by atoms with Gasteiger partial charge in [0, 0.05) is 24.7 Å². The molecule has 12 nitrogen and oxygen atoms in total. The predicted octanol–water partition coefficient (Wildman–Crippen LogP) is 5.08. The summed E-state index contributed by atoms with van der Waals surface area (Å²) in [7, 11) is 0. The number of nitro benzene ring substituents is 1. The molecule has 0 fully saturated rings. The minimum atomic E-state index is -1.57. The first kappa shape index (κ1) is 30.8. The molecule has 0 saturated carbocycles. The highest BCUT2D eigenvalue weighted by molar-refractivity contribution is 6.01. The molecule has 0 aromatic heterocycles. The third-order valence-electron chi connectivity index (χ3n) is 5.93. The lowest BCUT2D eigenvalue weighted by Gasteiger charge is -2.18. The second-order valence-corrected chi connectivity index (χ2v) is 8.65. The summed E-state index contributed by atoms with van der Waals surface area (Å²) in [6.45, 7) is 3.98. The fourth-order valence-corrected chi connectivity index (χ4v) is 3.80. The summed E-state index contributed by atoms with van der Waals surface area (Å²) < 4.78 is 15.6. The van der Waals surface area contributed by atoms with E-state index in [4.69, 9.17) is 14.2 Å². The lowest BCUT2D eigenvalue weighted by molar-refractivity contribution is -0.385. The van der Waals surface area contributed by atoms with Gasteiger partial charge in [-0.05, 0) is 37.1 Å². The third kappa shape index (κ3) is 7.92. The summed E-state index contributed by atoms with van der Waals surface area (Å²) in [5, 5.41) is 31.6. The normalized spacial score (nSPS) is 11.5. The zero-order valence-electron chi connectivity index (χ0n) is 22.8. The SMILES string of the molecule is CCN(CC)C(=O)C(C#N)=Cc1cc(OC(=O)OC(C(=O)OCc2ccccc2)c2ccccc2)c(O)c([N+](=O)[O-])c1. The van der Waals surface area contributed by atoms with Gasteiger partial charge in [0.25, 0.3) is 5.91 Å². The average molecular weight is 574 g/mol. The molecule has 0 aliphatic rings. The highest BCUT2D eigenvalue weighted by Crippen LogP contribution is 2.38. The Bertz CT molecular complexity index is 1510. The molecule has 0 radical (unpaired) electrons. The standard InChI is InChI=1S/C30H27N3O9/c1-3-32(4-2)28(35)23(18-31)15-21-16-24(33(38)39)26(34)25(17-21)41-30(37)42-27(22-13-9-6-10-14-22)29(36)40-19-20-11-7-5-8-12-20/h5-17,27,34H,3-4,19H2,1-2H3. The van der Waals surface area contributed by atoms with Crippen LogP contribution in [-0.4, -0.2) is 46.1 Å². The molecule has 1 amide bonds. The number of amides is 1. The number of hydrogen-bond donors (Lipinski definition) is 1. The van der Waals surface area contributed by atoms with Crippen LogP contribution in [0.1, 0.15) is 36.6 Å². The van der Waals surface area contributed by atoms with E-state index in [1.54, 1.807) is 68.4 Å². The zero-order chi connectivity index (χ0) is 30.6. The minimum absolute atomic E-state index is 0.0822. The van der Waals surface area contributed by atoms with Crippen molar-refractivity contribution in [1.82, 2.24) is 4.90 Å². The van der Waals surface area contributed by atoms with Gasteiger partial charge in [0.05, 0.1) is 4.92 Å². The van der Waals surface area contributed by atoms with Crippen LogP contribution >= 0.6 is 0 Å². The van der Waals surface area contributed by atoms with Crippen LogP contribution in [0.2, 0.25) is 0 Å². The molecule has 1 N–H and O–H groups in total. The highest BCUT2D eigenvalue weighted by atomic mass is 16.7. The maximum atomic E-state index is 12.9. The summed E-state index contributed by atoms with van der Waals surface area (Å²) in [5.74, 6) is -3.23. The number of likely N-dealkylation sites (N-methyl/N-ethyl adjacent to an activating group) is 1. The van der Waals surface area contributed by atoms with Crippen molar-refractivity contribution >= 4 is 29.8 Å². The fraction of sp³-hybridized carbons (Fsp3) is 0.200. The molecule has 0 spiro atoms. The van der Waals surface area contributed by atoms with Crippen molar-refractivity contribution in [2.75, 3.05) is 13.1 Å².